The quantitative estimate of drug-likeness (QED) is 0.696. The third-order valence-corrected chi connectivity index (χ3v) is 6.49. The van der Waals surface area contributed by atoms with Crippen LogP contribution in [-0.4, -0.2) is 12.1 Å². The Morgan fingerprint density at radius 3 is 1.86 bits per heavy atom. The van der Waals surface area contributed by atoms with Crippen molar-refractivity contribution in [2.75, 3.05) is 7.11 Å². The Hall–Kier alpha value is -2.38. The fourth-order valence-electron chi connectivity index (χ4n) is 2.45. The molecule has 0 bridgehead atoms. The average molecular weight is 309 g/mol. The molecular weight excluding hydrogens is 293 g/mol. The van der Waals surface area contributed by atoms with Gasteiger partial charge < -0.3 is 9.30 Å². The molecule has 110 valence electrons. The number of pyridine rings is 1. The molecule has 0 aliphatic carbocycles. The molecule has 0 aliphatic heterocycles. The van der Waals surface area contributed by atoms with Gasteiger partial charge in [-0.2, -0.15) is 0 Å². The van der Waals surface area contributed by atoms with Gasteiger partial charge in [-0.05, 0) is 12.1 Å². The van der Waals surface area contributed by atoms with Crippen LogP contribution in [0.4, 0.5) is 0 Å². The van der Waals surface area contributed by atoms with Crippen LogP contribution in [-0.2, 0) is 4.57 Å². The van der Waals surface area contributed by atoms with Crippen molar-refractivity contribution in [3.05, 3.63) is 79.0 Å². The van der Waals surface area contributed by atoms with E-state index in [-0.39, 0.29) is 0 Å². The first-order chi connectivity index (χ1) is 10.8. The maximum absolute atomic E-state index is 14.1. The number of rotatable bonds is 4. The summed E-state index contributed by atoms with van der Waals surface area (Å²) in [6.45, 7) is 0. The summed E-state index contributed by atoms with van der Waals surface area (Å²) in [6, 6.07) is 22.5. The first kappa shape index (κ1) is 14.6. The summed E-state index contributed by atoms with van der Waals surface area (Å²) in [5, 5.41) is 1.50. The van der Waals surface area contributed by atoms with E-state index in [1.165, 1.54) is 0 Å². The van der Waals surface area contributed by atoms with Crippen LogP contribution in [0.15, 0.2) is 79.0 Å². The predicted octanol–water partition coefficient (Wildman–Crippen LogP) is 2.73. The second-order valence-electron chi connectivity index (χ2n) is 4.81. The molecule has 0 spiro atoms. The molecule has 0 saturated carbocycles. The highest BCUT2D eigenvalue weighted by atomic mass is 31.2. The number of nitrogens with zero attached hydrogens (tertiary/aromatic N) is 1. The molecule has 0 fully saturated rings. The molecule has 0 unspecified atom stereocenters. The molecule has 3 nitrogen and oxygen atoms in total. The van der Waals surface area contributed by atoms with Crippen LogP contribution in [0.3, 0.4) is 0 Å². The normalized spacial score (nSPS) is 11.1. The van der Waals surface area contributed by atoms with Gasteiger partial charge >= 0.3 is 0 Å². The second kappa shape index (κ2) is 6.17. The minimum atomic E-state index is -3.07. The van der Waals surface area contributed by atoms with Gasteiger partial charge in [-0.1, -0.05) is 60.7 Å². The number of hydrogen-bond donors (Lipinski definition) is 0. The van der Waals surface area contributed by atoms with E-state index in [4.69, 9.17) is 4.74 Å². The fourth-order valence-corrected chi connectivity index (χ4v) is 5.12. The SMILES string of the molecule is COc1cccnc1P(=O)(c1ccccc1)c1ccccc1. The van der Waals surface area contributed by atoms with Gasteiger partial charge in [-0.3, -0.25) is 0 Å². The number of hydrogen-bond acceptors (Lipinski definition) is 3. The summed E-state index contributed by atoms with van der Waals surface area (Å²) in [5.74, 6) is 0.540. The molecule has 0 N–H and O–H groups in total. The molecule has 0 aliphatic rings. The van der Waals surface area contributed by atoms with Crippen LogP contribution in [0, 0.1) is 0 Å². The summed E-state index contributed by atoms with van der Waals surface area (Å²) >= 11 is 0. The smallest absolute Gasteiger partial charge is 0.192 e. The largest absolute Gasteiger partial charge is 0.494 e. The van der Waals surface area contributed by atoms with Crippen molar-refractivity contribution < 1.29 is 9.30 Å². The molecular formula is C18H16NO2P. The Labute approximate surface area is 130 Å². The summed E-state index contributed by atoms with van der Waals surface area (Å²) in [7, 11) is -1.50. The number of ether oxygens (including phenoxy) is 1. The van der Waals surface area contributed by atoms with E-state index in [1.807, 2.05) is 60.7 Å². The van der Waals surface area contributed by atoms with E-state index in [2.05, 4.69) is 4.98 Å². The number of methoxy groups -OCH3 is 1. The van der Waals surface area contributed by atoms with Crippen LogP contribution in [0.25, 0.3) is 0 Å². The fraction of sp³-hybridized carbons (Fsp3) is 0.0556. The van der Waals surface area contributed by atoms with Crippen molar-refractivity contribution in [2.45, 2.75) is 0 Å². The molecule has 2 aromatic carbocycles. The summed E-state index contributed by atoms with van der Waals surface area (Å²) in [6.07, 6.45) is 1.65. The van der Waals surface area contributed by atoms with Crippen molar-refractivity contribution in [3.8, 4) is 5.75 Å². The zero-order chi connectivity index (χ0) is 15.4. The lowest BCUT2D eigenvalue weighted by Crippen LogP contribution is -2.27. The van der Waals surface area contributed by atoms with Crippen molar-refractivity contribution >= 4 is 23.2 Å². The zero-order valence-corrected chi connectivity index (χ0v) is 13.1. The van der Waals surface area contributed by atoms with E-state index in [0.717, 1.165) is 10.6 Å². The van der Waals surface area contributed by atoms with Crippen LogP contribution in [0.5, 0.6) is 5.75 Å². The van der Waals surface area contributed by atoms with Crippen molar-refractivity contribution in [3.63, 3.8) is 0 Å². The van der Waals surface area contributed by atoms with E-state index in [1.54, 1.807) is 25.4 Å². The lowest BCUT2D eigenvalue weighted by atomic mass is 10.4. The minimum absolute atomic E-state index is 0.481. The standard InChI is InChI=1S/C18H16NO2P/c1-21-17-13-8-14-19-18(17)22(20,15-9-4-2-5-10-15)16-11-6-3-7-12-16/h2-14H,1H3. The van der Waals surface area contributed by atoms with Gasteiger partial charge in [0.15, 0.2) is 7.14 Å². The Morgan fingerprint density at radius 1 is 0.818 bits per heavy atom. The van der Waals surface area contributed by atoms with Gasteiger partial charge in [-0.25, -0.2) is 4.98 Å². The van der Waals surface area contributed by atoms with E-state index < -0.39 is 7.14 Å². The molecule has 0 atom stereocenters. The van der Waals surface area contributed by atoms with Crippen molar-refractivity contribution in [1.29, 1.82) is 0 Å². The molecule has 22 heavy (non-hydrogen) atoms. The Morgan fingerprint density at radius 2 is 1.36 bits per heavy atom. The molecule has 1 heterocycles. The maximum Gasteiger partial charge on any atom is 0.192 e. The lowest BCUT2D eigenvalue weighted by Gasteiger charge is -2.20. The Bertz CT molecular complexity index is 760. The van der Waals surface area contributed by atoms with Crippen molar-refractivity contribution in [2.24, 2.45) is 0 Å². The van der Waals surface area contributed by atoms with E-state index in [0.29, 0.717) is 11.2 Å². The van der Waals surface area contributed by atoms with Gasteiger partial charge in [0.25, 0.3) is 0 Å². The molecule has 4 heteroatoms. The van der Waals surface area contributed by atoms with Crippen LogP contribution >= 0.6 is 7.14 Å². The number of benzene rings is 2. The first-order valence-electron chi connectivity index (χ1n) is 6.97. The zero-order valence-electron chi connectivity index (χ0n) is 12.2. The monoisotopic (exact) mass is 309 g/mol. The van der Waals surface area contributed by atoms with Gasteiger partial charge in [0, 0.05) is 16.8 Å². The molecule has 3 aromatic rings. The summed E-state index contributed by atoms with van der Waals surface area (Å²) in [5.41, 5.74) is 0.481. The van der Waals surface area contributed by atoms with Gasteiger partial charge in [0.05, 0.1) is 7.11 Å². The predicted molar refractivity (Wildman–Crippen MR) is 90.2 cm³/mol. The van der Waals surface area contributed by atoms with Crippen LogP contribution in [0.2, 0.25) is 0 Å². The highest BCUT2D eigenvalue weighted by Gasteiger charge is 2.33. The number of aromatic nitrogens is 1. The summed E-state index contributed by atoms with van der Waals surface area (Å²) in [4.78, 5) is 4.39. The highest BCUT2D eigenvalue weighted by Crippen LogP contribution is 2.43. The molecule has 0 radical (unpaired) electrons. The topological polar surface area (TPSA) is 39.2 Å². The first-order valence-corrected chi connectivity index (χ1v) is 8.68. The van der Waals surface area contributed by atoms with E-state index >= 15 is 0 Å². The molecule has 3 rings (SSSR count). The van der Waals surface area contributed by atoms with Gasteiger partial charge in [-0.15, -0.1) is 0 Å². The molecule has 0 amide bonds. The molecule has 1 aromatic heterocycles. The highest BCUT2D eigenvalue weighted by molar-refractivity contribution is 7.85. The van der Waals surface area contributed by atoms with E-state index in [9.17, 15) is 4.57 Å². The third-order valence-electron chi connectivity index (χ3n) is 3.51. The van der Waals surface area contributed by atoms with Crippen molar-refractivity contribution in [1.82, 2.24) is 4.98 Å². The second-order valence-corrected chi connectivity index (χ2v) is 7.48. The summed E-state index contributed by atoms with van der Waals surface area (Å²) < 4.78 is 19.5. The Kier molecular flexibility index (Phi) is 4.08. The lowest BCUT2D eigenvalue weighted by molar-refractivity contribution is 0.416. The average Bonchev–Trinajstić information content (AvgIpc) is 2.62. The Balaban J connectivity index is 2.32. The molecule has 0 saturated heterocycles. The van der Waals surface area contributed by atoms with Gasteiger partial charge in [0.1, 0.15) is 11.2 Å². The van der Waals surface area contributed by atoms with Crippen LogP contribution < -0.4 is 20.8 Å². The third kappa shape index (κ3) is 2.44. The van der Waals surface area contributed by atoms with Gasteiger partial charge in [0.2, 0.25) is 0 Å². The van der Waals surface area contributed by atoms with Crippen LogP contribution in [0.1, 0.15) is 0 Å². The minimum Gasteiger partial charge on any atom is -0.494 e. The maximum atomic E-state index is 14.1.